The molecule has 1 aliphatic rings. The number of aromatic nitrogens is 3. The van der Waals surface area contributed by atoms with E-state index in [1.54, 1.807) is 0 Å². The third-order valence-electron chi connectivity index (χ3n) is 5.18. The molecule has 1 aromatic carbocycles. The van der Waals surface area contributed by atoms with Gasteiger partial charge in [-0.25, -0.2) is 0 Å². The molecule has 1 unspecified atom stereocenters. The monoisotopic (exact) mass is 340 g/mol. The minimum Gasteiger partial charge on any atom is -0.303 e. The number of nitrogens with zero attached hydrogens (tertiary/aromatic N) is 4. The normalized spacial score (nSPS) is 19.3. The highest BCUT2D eigenvalue weighted by atomic mass is 32.2. The van der Waals surface area contributed by atoms with Crippen molar-refractivity contribution in [2.24, 2.45) is 0 Å². The molecule has 1 aliphatic heterocycles. The van der Waals surface area contributed by atoms with Crippen molar-refractivity contribution in [3.8, 4) is 0 Å². The van der Waals surface area contributed by atoms with Crippen molar-refractivity contribution in [3.63, 3.8) is 0 Å². The molecule has 0 bridgehead atoms. The largest absolute Gasteiger partial charge is 0.303 e. The number of likely N-dealkylation sites (tertiary alicyclic amines) is 1. The molecule has 126 valence electrons. The van der Waals surface area contributed by atoms with E-state index in [4.69, 9.17) is 0 Å². The Kier molecular flexibility index (Phi) is 4.46. The molecule has 4 rings (SSSR count). The van der Waals surface area contributed by atoms with Crippen LogP contribution in [0, 0.1) is 6.92 Å². The van der Waals surface area contributed by atoms with Crippen molar-refractivity contribution >= 4 is 28.3 Å². The second-order valence-electron chi connectivity index (χ2n) is 6.79. The Bertz CT molecular complexity index is 857. The Balaban J connectivity index is 1.57. The zero-order valence-electron chi connectivity index (χ0n) is 14.4. The lowest BCUT2D eigenvalue weighted by molar-refractivity contribution is 0.182. The highest BCUT2D eigenvalue weighted by Gasteiger charge is 2.19. The fraction of sp³-hybridized carbons (Fsp3) is 0.474. The van der Waals surface area contributed by atoms with Gasteiger partial charge >= 0.3 is 0 Å². The summed E-state index contributed by atoms with van der Waals surface area (Å²) in [4.78, 5) is 2.52. The van der Waals surface area contributed by atoms with Gasteiger partial charge in [-0.1, -0.05) is 36.4 Å². The number of fused-ring (bicyclic) bond motifs is 3. The maximum Gasteiger partial charge on any atom is 0.196 e. The number of para-hydroxylation sites is 1. The van der Waals surface area contributed by atoms with E-state index in [9.17, 15) is 0 Å². The molecule has 24 heavy (non-hydrogen) atoms. The van der Waals surface area contributed by atoms with Crippen LogP contribution in [0.4, 0.5) is 0 Å². The van der Waals surface area contributed by atoms with Crippen LogP contribution in [-0.4, -0.2) is 44.9 Å². The molecule has 0 saturated carbocycles. The van der Waals surface area contributed by atoms with Crippen LogP contribution in [0.2, 0.25) is 0 Å². The van der Waals surface area contributed by atoms with Crippen molar-refractivity contribution in [3.05, 3.63) is 35.9 Å². The van der Waals surface area contributed by atoms with Crippen LogP contribution in [0.25, 0.3) is 16.6 Å². The molecular weight excluding hydrogens is 316 g/mol. The zero-order chi connectivity index (χ0) is 16.5. The molecule has 0 N–H and O–H groups in total. The average Bonchev–Trinajstić information content (AvgIpc) is 3.00. The van der Waals surface area contributed by atoms with Crippen molar-refractivity contribution in [2.45, 2.75) is 43.8 Å². The van der Waals surface area contributed by atoms with Gasteiger partial charge in [0.25, 0.3) is 0 Å². The average molecular weight is 340 g/mol. The molecule has 1 saturated heterocycles. The fourth-order valence-corrected chi connectivity index (χ4v) is 4.76. The summed E-state index contributed by atoms with van der Waals surface area (Å²) in [5.41, 5.74) is 3.41. The van der Waals surface area contributed by atoms with Crippen LogP contribution < -0.4 is 0 Å². The van der Waals surface area contributed by atoms with E-state index < -0.39 is 0 Å². The molecule has 0 amide bonds. The molecule has 4 nitrogen and oxygen atoms in total. The lowest BCUT2D eigenvalue weighted by atomic mass is 10.0. The Morgan fingerprint density at radius 3 is 2.96 bits per heavy atom. The van der Waals surface area contributed by atoms with E-state index in [0.717, 1.165) is 22.6 Å². The summed E-state index contributed by atoms with van der Waals surface area (Å²) >= 11 is 1.84. The number of hydrogen-bond acceptors (Lipinski definition) is 4. The van der Waals surface area contributed by atoms with Gasteiger partial charge in [-0.3, -0.25) is 4.40 Å². The summed E-state index contributed by atoms with van der Waals surface area (Å²) in [6.45, 7) is 3.38. The Morgan fingerprint density at radius 2 is 2.08 bits per heavy atom. The number of pyridine rings is 1. The summed E-state index contributed by atoms with van der Waals surface area (Å²) < 4.78 is 2.21. The highest BCUT2D eigenvalue weighted by Crippen LogP contribution is 2.27. The number of aryl methyl sites for hydroxylation is 1. The Morgan fingerprint density at radius 1 is 1.21 bits per heavy atom. The summed E-state index contributed by atoms with van der Waals surface area (Å²) in [6.07, 6.45) is 5.28. The predicted molar refractivity (Wildman–Crippen MR) is 101 cm³/mol. The van der Waals surface area contributed by atoms with Gasteiger partial charge in [-0.2, -0.15) is 0 Å². The molecule has 5 heteroatoms. The molecular formula is C19H24N4S. The summed E-state index contributed by atoms with van der Waals surface area (Å²) in [7, 11) is 2.26. The highest BCUT2D eigenvalue weighted by molar-refractivity contribution is 7.99. The minimum atomic E-state index is 0.726. The van der Waals surface area contributed by atoms with Gasteiger partial charge in [0.1, 0.15) is 0 Å². The number of thioether (sulfide) groups is 1. The van der Waals surface area contributed by atoms with Crippen LogP contribution in [0.1, 0.15) is 31.2 Å². The standard InChI is InChI=1S/C19H24N4S/c1-14-13-18-20-21-19(23(18)17-9-4-3-8-16(14)17)24-12-10-15-7-5-6-11-22(15)2/h3-4,8-9,13,15H,5-7,10-12H2,1-2H3. The van der Waals surface area contributed by atoms with Crippen molar-refractivity contribution in [2.75, 3.05) is 19.3 Å². The van der Waals surface area contributed by atoms with E-state index in [2.05, 4.69) is 63.8 Å². The first-order valence-electron chi connectivity index (χ1n) is 8.80. The lowest BCUT2D eigenvalue weighted by Gasteiger charge is -2.32. The van der Waals surface area contributed by atoms with E-state index in [-0.39, 0.29) is 0 Å². The van der Waals surface area contributed by atoms with Gasteiger partial charge in [0.15, 0.2) is 10.8 Å². The molecule has 0 spiro atoms. The van der Waals surface area contributed by atoms with Crippen molar-refractivity contribution in [1.29, 1.82) is 0 Å². The summed E-state index contributed by atoms with van der Waals surface area (Å²) in [5.74, 6) is 1.10. The molecule has 1 atom stereocenters. The molecule has 3 aromatic rings. The van der Waals surface area contributed by atoms with Gasteiger partial charge in [0.2, 0.25) is 0 Å². The van der Waals surface area contributed by atoms with E-state index >= 15 is 0 Å². The van der Waals surface area contributed by atoms with Crippen LogP contribution in [0.5, 0.6) is 0 Å². The van der Waals surface area contributed by atoms with Gasteiger partial charge in [-0.15, -0.1) is 10.2 Å². The second-order valence-corrected chi connectivity index (χ2v) is 7.85. The Hall–Kier alpha value is -1.59. The van der Waals surface area contributed by atoms with Crippen molar-refractivity contribution in [1.82, 2.24) is 19.5 Å². The van der Waals surface area contributed by atoms with Crippen LogP contribution in [-0.2, 0) is 0 Å². The minimum absolute atomic E-state index is 0.726. The number of benzene rings is 1. The first kappa shape index (κ1) is 15.9. The smallest absolute Gasteiger partial charge is 0.196 e. The Labute approximate surface area is 147 Å². The number of rotatable bonds is 4. The number of hydrogen-bond donors (Lipinski definition) is 0. The zero-order valence-corrected chi connectivity index (χ0v) is 15.2. The maximum atomic E-state index is 4.45. The molecule has 0 radical (unpaired) electrons. The van der Waals surface area contributed by atoms with Gasteiger partial charge in [0.05, 0.1) is 5.52 Å². The molecule has 0 aliphatic carbocycles. The first-order chi connectivity index (χ1) is 11.7. The predicted octanol–water partition coefficient (Wildman–Crippen LogP) is 4.16. The van der Waals surface area contributed by atoms with Crippen LogP contribution >= 0.6 is 11.8 Å². The summed E-state index contributed by atoms with van der Waals surface area (Å²) in [6, 6.07) is 11.4. The third kappa shape index (κ3) is 2.91. The van der Waals surface area contributed by atoms with Crippen LogP contribution in [0.3, 0.4) is 0 Å². The molecule has 2 aromatic heterocycles. The second kappa shape index (κ2) is 6.73. The number of piperidine rings is 1. The first-order valence-corrected chi connectivity index (χ1v) is 9.79. The van der Waals surface area contributed by atoms with Gasteiger partial charge in [0, 0.05) is 17.2 Å². The maximum absolute atomic E-state index is 4.45. The van der Waals surface area contributed by atoms with Crippen LogP contribution in [0.15, 0.2) is 35.5 Å². The molecule has 3 heterocycles. The van der Waals surface area contributed by atoms with Gasteiger partial charge < -0.3 is 4.90 Å². The fourth-order valence-electron chi connectivity index (χ4n) is 3.76. The lowest BCUT2D eigenvalue weighted by Crippen LogP contribution is -2.36. The SMILES string of the molecule is Cc1cc2nnc(SCCC3CCCCN3C)n2c2ccccc12. The van der Waals surface area contributed by atoms with E-state index in [0.29, 0.717) is 0 Å². The molecule has 1 fully saturated rings. The summed E-state index contributed by atoms with van der Waals surface area (Å²) in [5, 5.41) is 11.1. The quantitative estimate of drug-likeness (QED) is 0.668. The topological polar surface area (TPSA) is 33.4 Å². The van der Waals surface area contributed by atoms with E-state index in [1.165, 1.54) is 48.7 Å². The van der Waals surface area contributed by atoms with E-state index in [1.807, 2.05) is 11.8 Å². The van der Waals surface area contributed by atoms with Gasteiger partial charge in [-0.05, 0) is 57.5 Å². The van der Waals surface area contributed by atoms with Crippen molar-refractivity contribution < 1.29 is 0 Å². The third-order valence-corrected chi connectivity index (χ3v) is 6.14.